The molecule has 3 saturated carbocycles. The number of aliphatic hydroxyl groups excluding tert-OH is 3. The van der Waals surface area contributed by atoms with Crippen LogP contribution in [0.15, 0.2) is 11.6 Å². The summed E-state index contributed by atoms with van der Waals surface area (Å²) in [5.74, 6) is 5.24. The molecule has 0 amide bonds. The van der Waals surface area contributed by atoms with Crippen LogP contribution in [0.5, 0.6) is 0 Å². The second kappa shape index (κ2) is 27.3. The molecule has 64 heavy (non-hydrogen) atoms. The summed E-state index contributed by atoms with van der Waals surface area (Å²) in [7, 11) is 0. The van der Waals surface area contributed by atoms with E-state index in [4.69, 9.17) is 14.2 Å². The molecule has 5 aliphatic rings. The van der Waals surface area contributed by atoms with Crippen LogP contribution in [-0.2, 0) is 19.0 Å². The van der Waals surface area contributed by atoms with Crippen molar-refractivity contribution in [1.29, 1.82) is 0 Å². The molecule has 14 atom stereocenters. The van der Waals surface area contributed by atoms with Gasteiger partial charge in [0.2, 0.25) is 0 Å². The van der Waals surface area contributed by atoms with Crippen molar-refractivity contribution in [3.05, 3.63) is 11.6 Å². The van der Waals surface area contributed by atoms with E-state index in [9.17, 15) is 20.1 Å². The molecule has 3 unspecified atom stereocenters. The van der Waals surface area contributed by atoms with Crippen LogP contribution < -0.4 is 0 Å². The summed E-state index contributed by atoms with van der Waals surface area (Å²) in [6.07, 6.45) is 34.8. The fraction of sp³-hybridized carbons (Fsp3) is 0.947. The quantitative estimate of drug-likeness (QED) is 0.0375. The zero-order chi connectivity index (χ0) is 46.1. The molecule has 5 rings (SSSR count). The molecule has 372 valence electrons. The zero-order valence-electron chi connectivity index (χ0n) is 42.7. The summed E-state index contributed by atoms with van der Waals surface area (Å²) in [4.78, 5) is 12.7. The number of allylic oxidation sites excluding steroid dienone is 1. The van der Waals surface area contributed by atoms with Crippen molar-refractivity contribution in [2.75, 3.05) is 6.61 Å². The summed E-state index contributed by atoms with van der Waals surface area (Å²) in [6, 6.07) is 0. The lowest BCUT2D eigenvalue weighted by molar-refractivity contribution is -0.313. The number of fused-ring (bicyclic) bond motifs is 5. The summed E-state index contributed by atoms with van der Waals surface area (Å²) >= 11 is 0. The Balaban J connectivity index is 0.959. The molecule has 0 bridgehead atoms. The van der Waals surface area contributed by atoms with Crippen LogP contribution in [0.4, 0.5) is 0 Å². The number of carbonyl (C=O) groups is 1. The van der Waals surface area contributed by atoms with Gasteiger partial charge in [-0.05, 0) is 116 Å². The molecule has 1 heterocycles. The molecule has 3 N–H and O–H groups in total. The monoisotopic (exact) mass is 899 g/mol. The highest BCUT2D eigenvalue weighted by Crippen LogP contribution is 2.67. The van der Waals surface area contributed by atoms with Crippen LogP contribution in [0.25, 0.3) is 0 Å². The highest BCUT2D eigenvalue weighted by atomic mass is 16.7. The molecule has 1 aliphatic heterocycles. The van der Waals surface area contributed by atoms with Crippen molar-refractivity contribution in [1.82, 2.24) is 0 Å². The maximum absolute atomic E-state index is 12.7. The number of ether oxygens (including phenoxy) is 3. The molecule has 0 aromatic rings. The third kappa shape index (κ3) is 14.8. The Morgan fingerprint density at radius 1 is 0.719 bits per heavy atom. The molecule has 0 spiro atoms. The van der Waals surface area contributed by atoms with Gasteiger partial charge < -0.3 is 29.5 Å². The highest BCUT2D eigenvalue weighted by molar-refractivity contribution is 5.69. The van der Waals surface area contributed by atoms with E-state index >= 15 is 0 Å². The van der Waals surface area contributed by atoms with Gasteiger partial charge in [-0.3, -0.25) is 4.79 Å². The van der Waals surface area contributed by atoms with Gasteiger partial charge in [-0.15, -0.1) is 0 Å². The number of aliphatic hydroxyl groups is 3. The smallest absolute Gasteiger partial charge is 0.305 e. The number of hydrogen-bond acceptors (Lipinski definition) is 7. The molecule has 0 aromatic heterocycles. The van der Waals surface area contributed by atoms with E-state index in [-0.39, 0.29) is 24.1 Å². The van der Waals surface area contributed by atoms with E-state index in [1.54, 1.807) is 0 Å². The van der Waals surface area contributed by atoms with Crippen LogP contribution in [0, 0.1) is 52.3 Å². The lowest BCUT2D eigenvalue weighted by atomic mass is 9.47. The van der Waals surface area contributed by atoms with Crippen LogP contribution >= 0.6 is 0 Å². The van der Waals surface area contributed by atoms with Crippen molar-refractivity contribution in [3.63, 3.8) is 0 Å². The average Bonchev–Trinajstić information content (AvgIpc) is 3.64. The zero-order valence-corrected chi connectivity index (χ0v) is 42.7. The first-order chi connectivity index (χ1) is 30.8. The van der Waals surface area contributed by atoms with E-state index in [1.165, 1.54) is 153 Å². The van der Waals surface area contributed by atoms with Crippen molar-refractivity contribution in [3.8, 4) is 0 Å². The summed E-state index contributed by atoms with van der Waals surface area (Å²) in [5.41, 5.74) is 2.13. The van der Waals surface area contributed by atoms with Crippen LogP contribution in [0.2, 0.25) is 0 Å². The number of unbranched alkanes of at least 4 members (excludes halogenated alkanes) is 18. The first-order valence-corrected chi connectivity index (χ1v) is 28.0. The number of carbonyl (C=O) groups excluding carboxylic acids is 1. The lowest BCUT2D eigenvalue weighted by Gasteiger charge is -2.58. The molecule has 4 fully saturated rings. The lowest BCUT2D eigenvalue weighted by Crippen LogP contribution is -2.60. The normalized spacial score (nSPS) is 34.8. The first kappa shape index (κ1) is 54.0. The van der Waals surface area contributed by atoms with E-state index in [0.717, 1.165) is 80.5 Å². The fourth-order valence-corrected chi connectivity index (χ4v) is 14.4. The van der Waals surface area contributed by atoms with Gasteiger partial charge in [-0.1, -0.05) is 189 Å². The highest BCUT2D eigenvalue weighted by Gasteiger charge is 2.59. The summed E-state index contributed by atoms with van der Waals surface area (Å²) in [5, 5.41) is 32.6. The maximum Gasteiger partial charge on any atom is 0.305 e. The second-order valence-electron chi connectivity index (χ2n) is 23.3. The van der Waals surface area contributed by atoms with Crippen molar-refractivity contribution < 1.29 is 34.3 Å². The third-order valence-corrected chi connectivity index (χ3v) is 18.7. The van der Waals surface area contributed by atoms with Gasteiger partial charge in [0, 0.05) is 6.42 Å². The van der Waals surface area contributed by atoms with Crippen LogP contribution in [-0.4, -0.2) is 64.7 Å². The number of rotatable bonds is 30. The predicted molar refractivity (Wildman–Crippen MR) is 263 cm³/mol. The fourth-order valence-electron chi connectivity index (χ4n) is 14.4. The Bertz CT molecular complexity index is 1350. The first-order valence-electron chi connectivity index (χ1n) is 28.0. The van der Waals surface area contributed by atoms with Crippen molar-refractivity contribution >= 4 is 5.97 Å². The minimum atomic E-state index is -1.44. The molecule has 1 saturated heterocycles. The van der Waals surface area contributed by atoms with E-state index < -0.39 is 30.7 Å². The minimum Gasteiger partial charge on any atom is -0.463 e. The largest absolute Gasteiger partial charge is 0.463 e. The van der Waals surface area contributed by atoms with E-state index in [2.05, 4.69) is 54.5 Å². The molecule has 4 aliphatic carbocycles. The van der Waals surface area contributed by atoms with Gasteiger partial charge in [0.15, 0.2) is 6.29 Å². The van der Waals surface area contributed by atoms with Gasteiger partial charge in [-0.25, -0.2) is 0 Å². The van der Waals surface area contributed by atoms with Gasteiger partial charge in [-0.2, -0.15) is 0 Å². The van der Waals surface area contributed by atoms with Crippen molar-refractivity contribution in [2.45, 2.75) is 284 Å². The Morgan fingerprint density at radius 2 is 1.31 bits per heavy atom. The number of hydrogen-bond donors (Lipinski definition) is 3. The molecule has 7 nitrogen and oxygen atoms in total. The van der Waals surface area contributed by atoms with Crippen molar-refractivity contribution in [2.24, 2.45) is 52.3 Å². The maximum atomic E-state index is 12.7. The number of esters is 1. The Hall–Kier alpha value is -0.990. The SMILES string of the molecule is CCCCCCCCCCCCCCCCCCCCCC(=O)OCC1O[C@@H](O[C@H]2CC[C@@]3(C)C(=CC[C@H]4[C@@H]5CC[C@H]([C@H](C)CC[C@@H](CC)C(C)C)[C@@]5(C)CC[C@@H]43)C2)C(O)C(O)[C@@H]1O. The standard InChI is InChI=1S/C57H102O7/c1-8-10-11-12-13-14-15-16-17-18-19-20-21-22-23-24-25-26-27-28-51(58)62-40-50-52(59)53(60)54(61)55(64-50)63-45-35-37-56(6)44(39-45)31-32-46-48-34-33-47(57(48,7)38-36-49(46)56)42(5)29-30-43(9-2)41(3)4/h31,41-43,45-50,52-55,59-61H,8-30,32-40H2,1-7H3/t42-,43-,45+,46+,47-,48+,49+,50?,52-,53?,54?,55-,56+,57-/m1/s1. The second-order valence-corrected chi connectivity index (χ2v) is 23.3. The van der Waals surface area contributed by atoms with Crippen LogP contribution in [0.1, 0.15) is 248 Å². The molecule has 0 aromatic carbocycles. The Labute approximate surface area is 393 Å². The molecular formula is C57H102O7. The molecule has 7 heteroatoms. The van der Waals surface area contributed by atoms with Gasteiger partial charge >= 0.3 is 5.97 Å². The van der Waals surface area contributed by atoms with Gasteiger partial charge in [0.1, 0.15) is 31.0 Å². The van der Waals surface area contributed by atoms with E-state index in [1.807, 2.05) is 0 Å². The summed E-state index contributed by atoms with van der Waals surface area (Å²) < 4.78 is 18.1. The Kier molecular flexibility index (Phi) is 23.0. The average molecular weight is 899 g/mol. The Morgan fingerprint density at radius 3 is 1.89 bits per heavy atom. The van der Waals surface area contributed by atoms with Gasteiger partial charge in [0.05, 0.1) is 6.10 Å². The molecular weight excluding hydrogens is 797 g/mol. The van der Waals surface area contributed by atoms with Crippen LogP contribution in [0.3, 0.4) is 0 Å². The topological polar surface area (TPSA) is 105 Å². The minimum absolute atomic E-state index is 0.140. The molecule has 0 radical (unpaired) electrons. The summed E-state index contributed by atoms with van der Waals surface area (Å²) in [6.45, 7) is 17.1. The van der Waals surface area contributed by atoms with E-state index in [0.29, 0.717) is 17.8 Å². The van der Waals surface area contributed by atoms with Gasteiger partial charge in [0.25, 0.3) is 0 Å². The predicted octanol–water partition coefficient (Wildman–Crippen LogP) is 14.2. The third-order valence-electron chi connectivity index (χ3n) is 18.7.